The van der Waals surface area contributed by atoms with Gasteiger partial charge in [0.05, 0.1) is 0 Å². The molecule has 0 radical (unpaired) electrons. The summed E-state index contributed by atoms with van der Waals surface area (Å²) >= 11 is 0. The number of aryl methyl sites for hydroxylation is 2. The fourth-order valence-electron chi connectivity index (χ4n) is 2.19. The number of carboxylic acid groups (broad SMARTS) is 1. The Bertz CT molecular complexity index is 691. The SMILES string of the molecule is C=CCCC(NC(=O)c1cc2cc(C)c(C)cc2o1)C(=O)O. The van der Waals surface area contributed by atoms with E-state index in [1.165, 1.54) is 0 Å². The summed E-state index contributed by atoms with van der Waals surface area (Å²) < 4.78 is 5.53. The minimum absolute atomic E-state index is 0.116. The molecule has 1 atom stereocenters. The highest BCUT2D eigenvalue weighted by Crippen LogP contribution is 2.23. The summed E-state index contributed by atoms with van der Waals surface area (Å²) in [4.78, 5) is 23.3. The van der Waals surface area contributed by atoms with Crippen molar-refractivity contribution in [1.29, 1.82) is 0 Å². The van der Waals surface area contributed by atoms with Gasteiger partial charge >= 0.3 is 5.97 Å². The highest BCUT2D eigenvalue weighted by atomic mass is 16.4. The molecule has 1 aromatic heterocycles. The summed E-state index contributed by atoms with van der Waals surface area (Å²) in [6.07, 6.45) is 2.42. The number of carbonyl (C=O) groups is 2. The molecule has 2 aromatic rings. The monoisotopic (exact) mass is 301 g/mol. The maximum atomic E-state index is 12.2. The van der Waals surface area contributed by atoms with Crippen LogP contribution >= 0.6 is 0 Å². The number of rotatable bonds is 6. The topological polar surface area (TPSA) is 79.5 Å². The minimum atomic E-state index is -1.07. The molecule has 2 rings (SSSR count). The Labute approximate surface area is 128 Å². The number of benzene rings is 1. The normalized spacial score (nSPS) is 12.1. The van der Waals surface area contributed by atoms with Crippen molar-refractivity contribution in [2.45, 2.75) is 32.7 Å². The molecule has 1 unspecified atom stereocenters. The molecule has 0 aliphatic carbocycles. The fraction of sp³-hybridized carbons (Fsp3) is 0.294. The standard InChI is InChI=1S/C17H19NO4/c1-4-5-6-13(17(20)21)18-16(19)15-9-12-7-10(2)11(3)8-14(12)22-15/h4,7-9,13H,1,5-6H2,2-3H3,(H,18,19)(H,20,21). The number of nitrogens with one attached hydrogen (secondary N) is 1. The van der Waals surface area contributed by atoms with Crippen molar-refractivity contribution < 1.29 is 19.1 Å². The lowest BCUT2D eigenvalue weighted by molar-refractivity contribution is -0.139. The van der Waals surface area contributed by atoms with Crippen molar-refractivity contribution in [2.24, 2.45) is 0 Å². The van der Waals surface area contributed by atoms with Crippen molar-refractivity contribution in [3.63, 3.8) is 0 Å². The van der Waals surface area contributed by atoms with Crippen LogP contribution in [0.1, 0.15) is 34.5 Å². The van der Waals surface area contributed by atoms with Gasteiger partial charge in [-0.25, -0.2) is 4.79 Å². The zero-order valence-electron chi connectivity index (χ0n) is 12.7. The molecule has 0 aliphatic rings. The molecule has 0 saturated carbocycles. The van der Waals surface area contributed by atoms with Crippen LogP contribution in [0.2, 0.25) is 0 Å². The predicted molar refractivity (Wildman–Crippen MR) is 84.0 cm³/mol. The summed E-state index contributed by atoms with van der Waals surface area (Å²) in [7, 11) is 0. The van der Waals surface area contributed by atoms with E-state index in [0.717, 1.165) is 16.5 Å². The number of carbonyl (C=O) groups excluding carboxylic acids is 1. The van der Waals surface area contributed by atoms with Gasteiger partial charge in [0.25, 0.3) is 5.91 Å². The Kier molecular flexibility index (Phi) is 4.65. The van der Waals surface area contributed by atoms with E-state index in [1.807, 2.05) is 26.0 Å². The fourth-order valence-corrected chi connectivity index (χ4v) is 2.19. The third-order valence-corrected chi connectivity index (χ3v) is 3.62. The first-order valence-corrected chi connectivity index (χ1v) is 7.07. The van der Waals surface area contributed by atoms with E-state index in [-0.39, 0.29) is 5.76 Å². The van der Waals surface area contributed by atoms with Crippen LogP contribution < -0.4 is 5.32 Å². The third kappa shape index (κ3) is 3.36. The number of carboxylic acids is 1. The van der Waals surface area contributed by atoms with E-state index < -0.39 is 17.9 Å². The van der Waals surface area contributed by atoms with Crippen molar-refractivity contribution in [3.05, 3.63) is 47.7 Å². The van der Waals surface area contributed by atoms with E-state index in [0.29, 0.717) is 18.4 Å². The van der Waals surface area contributed by atoms with Crippen LogP contribution in [0.25, 0.3) is 11.0 Å². The van der Waals surface area contributed by atoms with E-state index >= 15 is 0 Å². The Morgan fingerprint density at radius 3 is 2.64 bits per heavy atom. The summed E-state index contributed by atoms with van der Waals surface area (Å²) in [5.74, 6) is -1.48. The summed E-state index contributed by atoms with van der Waals surface area (Å²) in [5, 5.41) is 12.4. The molecule has 5 heteroatoms. The largest absolute Gasteiger partial charge is 0.480 e. The van der Waals surface area contributed by atoms with Gasteiger partial charge in [-0.1, -0.05) is 6.08 Å². The lowest BCUT2D eigenvalue weighted by Crippen LogP contribution is -2.40. The molecular weight excluding hydrogens is 282 g/mol. The maximum Gasteiger partial charge on any atom is 0.326 e. The second kappa shape index (κ2) is 6.47. The lowest BCUT2D eigenvalue weighted by atomic mass is 10.1. The lowest BCUT2D eigenvalue weighted by Gasteiger charge is -2.12. The maximum absolute atomic E-state index is 12.2. The van der Waals surface area contributed by atoms with Crippen LogP contribution in [0.3, 0.4) is 0 Å². The number of aliphatic carboxylic acids is 1. The van der Waals surface area contributed by atoms with Crippen LogP contribution in [0, 0.1) is 13.8 Å². The molecule has 0 spiro atoms. The highest BCUT2D eigenvalue weighted by molar-refractivity contribution is 5.98. The third-order valence-electron chi connectivity index (χ3n) is 3.62. The molecule has 5 nitrogen and oxygen atoms in total. The summed E-state index contributed by atoms with van der Waals surface area (Å²) in [6.45, 7) is 7.50. The van der Waals surface area contributed by atoms with Crippen molar-refractivity contribution in [3.8, 4) is 0 Å². The number of hydrogen-bond donors (Lipinski definition) is 2. The number of allylic oxidation sites excluding steroid dienone is 1. The van der Waals surface area contributed by atoms with Gasteiger partial charge in [0.1, 0.15) is 11.6 Å². The van der Waals surface area contributed by atoms with Gasteiger partial charge in [-0.3, -0.25) is 4.79 Å². The zero-order valence-corrected chi connectivity index (χ0v) is 12.7. The van der Waals surface area contributed by atoms with Crippen LogP contribution in [-0.4, -0.2) is 23.0 Å². The van der Waals surface area contributed by atoms with E-state index in [1.54, 1.807) is 12.1 Å². The first kappa shape index (κ1) is 15.8. The second-order valence-corrected chi connectivity index (χ2v) is 5.32. The average Bonchev–Trinajstić information content (AvgIpc) is 2.86. The number of amides is 1. The predicted octanol–water partition coefficient (Wildman–Crippen LogP) is 3.20. The van der Waals surface area contributed by atoms with Crippen molar-refractivity contribution >= 4 is 22.8 Å². The smallest absolute Gasteiger partial charge is 0.326 e. The van der Waals surface area contributed by atoms with Crippen LogP contribution in [0.15, 0.2) is 35.3 Å². The van der Waals surface area contributed by atoms with Gasteiger partial charge in [-0.05, 0) is 56.0 Å². The van der Waals surface area contributed by atoms with Crippen molar-refractivity contribution in [1.82, 2.24) is 5.32 Å². The molecule has 116 valence electrons. The van der Waals surface area contributed by atoms with Gasteiger partial charge in [-0.2, -0.15) is 0 Å². The quantitative estimate of drug-likeness (QED) is 0.803. The highest BCUT2D eigenvalue weighted by Gasteiger charge is 2.22. The molecule has 0 aliphatic heterocycles. The molecule has 0 saturated heterocycles. The van der Waals surface area contributed by atoms with Gasteiger partial charge < -0.3 is 14.8 Å². The van der Waals surface area contributed by atoms with E-state index in [4.69, 9.17) is 9.52 Å². The molecule has 1 heterocycles. The molecule has 1 aromatic carbocycles. The molecule has 22 heavy (non-hydrogen) atoms. The average molecular weight is 301 g/mol. The second-order valence-electron chi connectivity index (χ2n) is 5.32. The molecule has 1 amide bonds. The first-order valence-electron chi connectivity index (χ1n) is 7.07. The molecule has 0 fully saturated rings. The van der Waals surface area contributed by atoms with Crippen LogP contribution in [0.4, 0.5) is 0 Å². The van der Waals surface area contributed by atoms with Gasteiger partial charge in [0.2, 0.25) is 0 Å². The molecule has 2 N–H and O–H groups in total. The zero-order chi connectivity index (χ0) is 16.3. The van der Waals surface area contributed by atoms with Gasteiger partial charge in [0, 0.05) is 5.39 Å². The van der Waals surface area contributed by atoms with E-state index in [9.17, 15) is 9.59 Å². The Hall–Kier alpha value is -2.56. The number of furan rings is 1. The number of hydrogen-bond acceptors (Lipinski definition) is 3. The van der Waals surface area contributed by atoms with Crippen LogP contribution in [-0.2, 0) is 4.79 Å². The minimum Gasteiger partial charge on any atom is -0.480 e. The Morgan fingerprint density at radius 2 is 2.00 bits per heavy atom. The van der Waals surface area contributed by atoms with Crippen LogP contribution in [0.5, 0.6) is 0 Å². The van der Waals surface area contributed by atoms with Crippen molar-refractivity contribution in [2.75, 3.05) is 0 Å². The Balaban J connectivity index is 2.21. The summed E-state index contributed by atoms with van der Waals surface area (Å²) in [5.41, 5.74) is 2.80. The van der Waals surface area contributed by atoms with Gasteiger partial charge in [0.15, 0.2) is 5.76 Å². The van der Waals surface area contributed by atoms with Gasteiger partial charge in [-0.15, -0.1) is 6.58 Å². The Morgan fingerprint density at radius 1 is 1.32 bits per heavy atom. The summed E-state index contributed by atoms with van der Waals surface area (Å²) in [6, 6.07) is 4.48. The first-order chi connectivity index (χ1) is 10.4. The van der Waals surface area contributed by atoms with E-state index in [2.05, 4.69) is 11.9 Å². The molecular formula is C17H19NO4. The number of fused-ring (bicyclic) bond motifs is 1. The molecule has 0 bridgehead atoms.